The van der Waals surface area contributed by atoms with Gasteiger partial charge in [-0.3, -0.25) is 4.21 Å². The summed E-state index contributed by atoms with van der Waals surface area (Å²) in [6, 6.07) is 0.276. The lowest BCUT2D eigenvalue weighted by molar-refractivity contribution is 0.500. The Hall–Kier alpha value is 0.0600. The van der Waals surface area contributed by atoms with Gasteiger partial charge in [0.05, 0.1) is 11.0 Å². The largest absolute Gasteiger partial charge is 0.316 e. The van der Waals surface area contributed by atoms with Crippen LogP contribution in [0.2, 0.25) is 0 Å². The van der Waals surface area contributed by atoms with Crippen molar-refractivity contribution in [3.8, 4) is 0 Å². The standard InChI is InChI=1S/C11H23NO3S2/c1-12-10-6-4-3-5-7-11(10)16(13)8-9-17(2,14)15/h10-12H,3-9H2,1-2H3. The Balaban J connectivity index is 2.58. The molecule has 0 radical (unpaired) electrons. The van der Waals surface area contributed by atoms with E-state index in [1.54, 1.807) is 0 Å². The van der Waals surface area contributed by atoms with Crippen molar-refractivity contribution in [2.75, 3.05) is 24.8 Å². The van der Waals surface area contributed by atoms with Gasteiger partial charge in [-0.05, 0) is 19.9 Å². The third-order valence-electron chi connectivity index (χ3n) is 3.32. The van der Waals surface area contributed by atoms with Crippen LogP contribution in [-0.4, -0.2) is 48.7 Å². The molecule has 1 saturated carbocycles. The highest BCUT2D eigenvalue weighted by Gasteiger charge is 2.27. The fourth-order valence-corrected chi connectivity index (χ4v) is 5.54. The Morgan fingerprint density at radius 2 is 1.88 bits per heavy atom. The van der Waals surface area contributed by atoms with Gasteiger partial charge in [-0.25, -0.2) is 8.42 Å². The molecule has 0 aromatic carbocycles. The van der Waals surface area contributed by atoms with E-state index in [4.69, 9.17) is 0 Å². The van der Waals surface area contributed by atoms with Crippen molar-refractivity contribution < 1.29 is 12.6 Å². The molecule has 3 atom stereocenters. The fourth-order valence-electron chi connectivity index (χ4n) is 2.30. The molecule has 0 spiro atoms. The van der Waals surface area contributed by atoms with Crippen molar-refractivity contribution in [2.45, 2.75) is 43.4 Å². The molecule has 0 bridgehead atoms. The van der Waals surface area contributed by atoms with Crippen molar-refractivity contribution in [3.05, 3.63) is 0 Å². The average Bonchev–Trinajstić information content (AvgIpc) is 2.49. The lowest BCUT2D eigenvalue weighted by Gasteiger charge is -2.23. The molecule has 1 aliphatic carbocycles. The molecule has 0 aliphatic heterocycles. The maximum Gasteiger partial charge on any atom is 0.148 e. The molecule has 3 unspecified atom stereocenters. The zero-order valence-corrected chi connectivity index (χ0v) is 12.3. The van der Waals surface area contributed by atoms with Crippen LogP contribution >= 0.6 is 0 Å². The second kappa shape index (κ2) is 6.85. The second-order valence-corrected chi connectivity index (χ2v) is 8.82. The van der Waals surface area contributed by atoms with Crippen LogP contribution in [0.25, 0.3) is 0 Å². The normalized spacial score (nSPS) is 28.6. The molecule has 1 aliphatic rings. The first-order valence-corrected chi connectivity index (χ1v) is 9.60. The summed E-state index contributed by atoms with van der Waals surface area (Å²) < 4.78 is 34.3. The molecule has 0 amide bonds. The molecule has 0 aromatic heterocycles. The van der Waals surface area contributed by atoms with Crippen LogP contribution in [0, 0.1) is 0 Å². The molecular formula is C11H23NO3S2. The monoisotopic (exact) mass is 281 g/mol. The maximum absolute atomic E-state index is 12.2. The van der Waals surface area contributed by atoms with Gasteiger partial charge in [0.2, 0.25) is 0 Å². The van der Waals surface area contributed by atoms with E-state index < -0.39 is 20.6 Å². The molecule has 1 rings (SSSR count). The summed E-state index contributed by atoms with van der Waals surface area (Å²) in [5.74, 6) is 0.314. The van der Waals surface area contributed by atoms with Gasteiger partial charge in [-0.15, -0.1) is 0 Å². The topological polar surface area (TPSA) is 63.2 Å². The van der Waals surface area contributed by atoms with Gasteiger partial charge in [0.25, 0.3) is 0 Å². The predicted molar refractivity (Wildman–Crippen MR) is 72.4 cm³/mol. The summed E-state index contributed by atoms with van der Waals surface area (Å²) in [6.45, 7) is 0. The van der Waals surface area contributed by atoms with Crippen LogP contribution in [0.4, 0.5) is 0 Å². The molecule has 0 saturated heterocycles. The second-order valence-electron chi connectivity index (χ2n) is 4.79. The summed E-state index contributed by atoms with van der Waals surface area (Å²) in [7, 11) is -2.14. The van der Waals surface area contributed by atoms with Gasteiger partial charge in [0.1, 0.15) is 9.84 Å². The first-order chi connectivity index (χ1) is 7.94. The van der Waals surface area contributed by atoms with Gasteiger partial charge in [0.15, 0.2) is 0 Å². The van der Waals surface area contributed by atoms with E-state index >= 15 is 0 Å². The number of hydrogen-bond acceptors (Lipinski definition) is 4. The minimum Gasteiger partial charge on any atom is -0.316 e. The first-order valence-electron chi connectivity index (χ1n) is 6.16. The van der Waals surface area contributed by atoms with E-state index in [2.05, 4.69) is 5.32 Å². The van der Waals surface area contributed by atoms with E-state index in [0.29, 0.717) is 0 Å². The minimum atomic E-state index is -3.00. The SMILES string of the molecule is CNC1CCCCCC1S(=O)CCS(C)(=O)=O. The van der Waals surface area contributed by atoms with Crippen molar-refractivity contribution in [2.24, 2.45) is 0 Å². The summed E-state index contributed by atoms with van der Waals surface area (Å²) in [5.41, 5.74) is 0. The number of sulfone groups is 1. The molecule has 17 heavy (non-hydrogen) atoms. The zero-order chi connectivity index (χ0) is 12.9. The molecule has 0 aromatic rings. The van der Waals surface area contributed by atoms with Crippen molar-refractivity contribution in [3.63, 3.8) is 0 Å². The van der Waals surface area contributed by atoms with E-state index in [9.17, 15) is 12.6 Å². The molecule has 1 fully saturated rings. The van der Waals surface area contributed by atoms with Gasteiger partial charge in [0, 0.05) is 28.9 Å². The summed E-state index contributed by atoms with van der Waals surface area (Å²) >= 11 is 0. The smallest absolute Gasteiger partial charge is 0.148 e. The first kappa shape index (κ1) is 15.1. The van der Waals surface area contributed by atoms with Crippen molar-refractivity contribution in [1.82, 2.24) is 5.32 Å². The Labute approximate surface area is 107 Å². The van der Waals surface area contributed by atoms with Crippen LogP contribution in [0.1, 0.15) is 32.1 Å². The zero-order valence-electron chi connectivity index (χ0n) is 10.6. The maximum atomic E-state index is 12.2. The molecule has 1 N–H and O–H groups in total. The summed E-state index contributed by atoms with van der Waals surface area (Å²) in [4.78, 5) is 0. The third kappa shape index (κ3) is 5.48. The van der Waals surface area contributed by atoms with Crippen LogP contribution in [0.3, 0.4) is 0 Å². The molecule has 4 nitrogen and oxygen atoms in total. The lowest BCUT2D eigenvalue weighted by atomic mass is 10.1. The van der Waals surface area contributed by atoms with Gasteiger partial charge < -0.3 is 5.32 Å². The van der Waals surface area contributed by atoms with E-state index in [0.717, 1.165) is 19.3 Å². The Kier molecular flexibility index (Phi) is 6.09. The highest BCUT2D eigenvalue weighted by atomic mass is 32.2. The van der Waals surface area contributed by atoms with Gasteiger partial charge in [-0.2, -0.15) is 0 Å². The van der Waals surface area contributed by atoms with Crippen molar-refractivity contribution >= 4 is 20.6 Å². The number of rotatable bonds is 5. The summed E-state index contributed by atoms with van der Waals surface area (Å²) in [6.07, 6.45) is 6.66. The summed E-state index contributed by atoms with van der Waals surface area (Å²) in [5, 5.41) is 3.34. The van der Waals surface area contributed by atoms with Crippen molar-refractivity contribution in [1.29, 1.82) is 0 Å². The Bertz CT molecular complexity index is 354. The molecule has 102 valence electrons. The van der Waals surface area contributed by atoms with E-state index in [1.165, 1.54) is 19.1 Å². The fraction of sp³-hybridized carbons (Fsp3) is 1.00. The van der Waals surface area contributed by atoms with Crippen LogP contribution in [0.5, 0.6) is 0 Å². The third-order valence-corrected chi connectivity index (χ3v) is 6.37. The lowest BCUT2D eigenvalue weighted by Crippen LogP contribution is -2.40. The number of hydrogen-bond donors (Lipinski definition) is 1. The quantitative estimate of drug-likeness (QED) is 0.754. The van der Waals surface area contributed by atoms with Crippen LogP contribution < -0.4 is 5.32 Å². The highest BCUT2D eigenvalue weighted by Crippen LogP contribution is 2.22. The average molecular weight is 281 g/mol. The Morgan fingerprint density at radius 1 is 1.24 bits per heavy atom. The molecule has 6 heteroatoms. The van der Waals surface area contributed by atoms with Gasteiger partial charge in [-0.1, -0.05) is 19.3 Å². The van der Waals surface area contributed by atoms with Crippen LogP contribution in [0.15, 0.2) is 0 Å². The predicted octanol–water partition coefficient (Wildman–Crippen LogP) is 0.700. The number of nitrogens with one attached hydrogen (secondary N) is 1. The molecule has 0 heterocycles. The van der Waals surface area contributed by atoms with Crippen LogP contribution in [-0.2, 0) is 20.6 Å². The van der Waals surface area contributed by atoms with E-state index in [1.807, 2.05) is 7.05 Å². The Morgan fingerprint density at radius 3 is 2.47 bits per heavy atom. The van der Waals surface area contributed by atoms with E-state index in [-0.39, 0.29) is 22.8 Å². The minimum absolute atomic E-state index is 0.0343. The van der Waals surface area contributed by atoms with Gasteiger partial charge >= 0.3 is 0 Å². The highest BCUT2D eigenvalue weighted by molar-refractivity contribution is 7.92. The molecular weight excluding hydrogens is 258 g/mol.